The number of ether oxygens (including phenoxy) is 2. The number of aliphatic hydroxyl groups excluding tert-OH is 2. The fourth-order valence-electron chi connectivity index (χ4n) is 19.1. The Balaban J connectivity index is 0.000000172. The van der Waals surface area contributed by atoms with Crippen LogP contribution in [0.15, 0.2) is 72.1 Å². The van der Waals surface area contributed by atoms with E-state index in [-0.39, 0.29) is 108 Å². The molecule has 15 atom stereocenters. The Kier molecular flexibility index (Phi) is 14.8. The summed E-state index contributed by atoms with van der Waals surface area (Å²) in [4.78, 5) is 74.9. The van der Waals surface area contributed by atoms with Crippen LogP contribution in [-0.4, -0.2) is 130 Å². The standard InChI is InChI=1S/C35H43N3O8S.C31H36N2O7/c1-4-29(40)46-35(32(42)43)12-10-26-25-9-8-22-15-27-21(16-33(22,2)30(25)28(39)17-34(26,35)3)18-36-38(27)24-7-5-6-20(14-24)31(41)37-23-11-13-47(44,45)19-23;1-4-25(35)40-31(28(38)39)11-10-22-21-9-8-19-13-23-18(14-29(19,2)26(21)24(34)15-30(22,31)3)16-32-33(23)20-7-5-6-17(12-20)27(36)37/h5-7,14-15,18,23,25-26,28,30,39H,4,8-13,16-17,19H2,1-3H3,(H,37,41)(H,42,43);5-7,12-13,16,21-22,24,26,34H,4,8-11,14-15H2,1-3H3,(H,36,37)(H,38,39)/t23?,25-,26-,28-,30+,33-,34-,35-;21-,22-,24-,26+,29-,30-,31-/m00/s1. The number of nitrogens with zero attached hydrogens (tertiary/aromatic N) is 4. The normalized spacial score (nSPS) is 36.3. The molecule has 1 unspecified atom stereocenters. The second-order valence-corrected chi connectivity index (χ2v) is 29.7. The number of amides is 1. The molecule has 2 aromatic heterocycles. The number of fused-ring (bicyclic) bond motifs is 12. The lowest BCUT2D eigenvalue weighted by molar-refractivity contribution is -0.210. The number of rotatable bonds is 11. The number of carbonyl (C=O) groups is 6. The first-order valence-electron chi connectivity index (χ1n) is 30.9. The molecule has 7 fully saturated rings. The molecule has 464 valence electrons. The van der Waals surface area contributed by atoms with Gasteiger partial charge in [0.15, 0.2) is 9.84 Å². The highest BCUT2D eigenvalue weighted by Gasteiger charge is 2.73. The van der Waals surface area contributed by atoms with Gasteiger partial charge in [-0.1, -0.05) is 64.8 Å². The molecule has 8 aliphatic carbocycles. The van der Waals surface area contributed by atoms with Gasteiger partial charge in [-0.25, -0.2) is 32.2 Å². The van der Waals surface area contributed by atoms with E-state index in [1.807, 2.05) is 43.1 Å². The molecular weight excluding hydrogens is 1130 g/mol. The van der Waals surface area contributed by atoms with Gasteiger partial charge in [-0.2, -0.15) is 10.2 Å². The van der Waals surface area contributed by atoms with Gasteiger partial charge in [0.1, 0.15) is 0 Å². The first-order valence-corrected chi connectivity index (χ1v) is 32.8. The Morgan fingerprint density at radius 1 is 0.644 bits per heavy atom. The van der Waals surface area contributed by atoms with Gasteiger partial charge in [0, 0.05) is 35.3 Å². The van der Waals surface area contributed by atoms with Crippen LogP contribution in [0, 0.1) is 57.2 Å². The molecule has 87 heavy (non-hydrogen) atoms. The average Bonchev–Trinajstić information content (AvgIpc) is 1.66. The van der Waals surface area contributed by atoms with Crippen LogP contribution in [0.1, 0.15) is 168 Å². The van der Waals surface area contributed by atoms with E-state index in [4.69, 9.17) is 14.6 Å². The van der Waals surface area contributed by atoms with Gasteiger partial charge in [0.2, 0.25) is 11.2 Å². The van der Waals surface area contributed by atoms with E-state index >= 15 is 0 Å². The number of carboxylic acid groups (broad SMARTS) is 3. The molecule has 1 saturated heterocycles. The summed E-state index contributed by atoms with van der Waals surface area (Å²) in [7, 11) is -3.12. The summed E-state index contributed by atoms with van der Waals surface area (Å²) in [6.45, 7) is 11.6. The maximum atomic E-state index is 13.0. The van der Waals surface area contributed by atoms with Crippen LogP contribution in [0.3, 0.4) is 0 Å². The lowest BCUT2D eigenvalue weighted by Gasteiger charge is -2.60. The number of aliphatic hydroxyl groups is 2. The number of hydrogen-bond acceptors (Lipinski definition) is 14. The number of carbonyl (C=O) groups excluding carboxylic acids is 3. The molecular formula is C66H79N5O15S. The van der Waals surface area contributed by atoms with Crippen LogP contribution in [0.4, 0.5) is 0 Å². The maximum absolute atomic E-state index is 13.0. The number of aliphatic carboxylic acids is 2. The summed E-state index contributed by atoms with van der Waals surface area (Å²) >= 11 is 0. The molecule has 0 radical (unpaired) electrons. The predicted molar refractivity (Wildman–Crippen MR) is 317 cm³/mol. The largest absolute Gasteiger partial charge is 0.478 e. The minimum absolute atomic E-state index is 0.00243. The first kappa shape index (κ1) is 60.3. The van der Waals surface area contributed by atoms with Crippen molar-refractivity contribution in [1.82, 2.24) is 24.9 Å². The Morgan fingerprint density at radius 2 is 1.09 bits per heavy atom. The third kappa shape index (κ3) is 9.34. The van der Waals surface area contributed by atoms with E-state index in [1.165, 1.54) is 11.1 Å². The zero-order valence-electron chi connectivity index (χ0n) is 50.2. The molecule has 13 rings (SSSR count). The summed E-state index contributed by atoms with van der Waals surface area (Å²) in [6.07, 6.45) is 14.0. The Bertz CT molecular complexity index is 3720. The van der Waals surface area contributed by atoms with E-state index in [1.54, 1.807) is 54.9 Å². The van der Waals surface area contributed by atoms with Gasteiger partial charge in [0.25, 0.3) is 5.91 Å². The minimum atomic E-state index is -3.12. The van der Waals surface area contributed by atoms with E-state index in [2.05, 4.69) is 36.4 Å². The molecule has 0 bridgehead atoms. The van der Waals surface area contributed by atoms with Crippen molar-refractivity contribution in [3.8, 4) is 11.4 Å². The number of carboxylic acids is 3. The molecule has 0 spiro atoms. The number of hydrogen-bond donors (Lipinski definition) is 6. The summed E-state index contributed by atoms with van der Waals surface area (Å²) in [5, 5.41) is 66.2. The number of esters is 2. The van der Waals surface area contributed by atoms with Crippen molar-refractivity contribution in [2.45, 2.75) is 167 Å². The van der Waals surface area contributed by atoms with Gasteiger partial charge in [-0.3, -0.25) is 14.4 Å². The van der Waals surface area contributed by atoms with E-state index in [0.29, 0.717) is 43.4 Å². The third-order valence-corrected chi connectivity index (χ3v) is 25.0. The van der Waals surface area contributed by atoms with Gasteiger partial charge < -0.3 is 40.3 Å². The Labute approximate surface area is 505 Å². The van der Waals surface area contributed by atoms with Crippen molar-refractivity contribution >= 4 is 57.7 Å². The predicted octanol–water partition coefficient (Wildman–Crippen LogP) is 8.22. The number of aromatic nitrogens is 4. The number of benzene rings is 2. The second-order valence-electron chi connectivity index (χ2n) is 27.5. The molecule has 1 amide bonds. The number of aromatic carboxylic acids is 1. The van der Waals surface area contributed by atoms with Gasteiger partial charge >= 0.3 is 29.8 Å². The van der Waals surface area contributed by atoms with Crippen molar-refractivity contribution in [2.24, 2.45) is 57.2 Å². The number of allylic oxidation sites excluding steroid dienone is 2. The maximum Gasteiger partial charge on any atom is 0.348 e. The van der Waals surface area contributed by atoms with E-state index < -0.39 is 80.0 Å². The molecule has 20 nitrogen and oxygen atoms in total. The summed E-state index contributed by atoms with van der Waals surface area (Å²) < 4.78 is 38.9. The van der Waals surface area contributed by atoms with Crippen LogP contribution >= 0.6 is 0 Å². The zero-order valence-corrected chi connectivity index (χ0v) is 51.0. The molecule has 2 aromatic carbocycles. The highest BCUT2D eigenvalue weighted by atomic mass is 32.2. The van der Waals surface area contributed by atoms with Crippen LogP contribution in [0.25, 0.3) is 23.5 Å². The highest BCUT2D eigenvalue weighted by Crippen LogP contribution is 2.70. The highest BCUT2D eigenvalue weighted by molar-refractivity contribution is 7.91. The minimum Gasteiger partial charge on any atom is -0.478 e. The Hall–Kier alpha value is -6.97. The molecule has 6 N–H and O–H groups in total. The topological polar surface area (TPSA) is 304 Å². The molecule has 4 aromatic rings. The van der Waals surface area contributed by atoms with Crippen molar-refractivity contribution in [1.29, 1.82) is 0 Å². The van der Waals surface area contributed by atoms with Crippen molar-refractivity contribution < 1.29 is 72.2 Å². The molecule has 3 heterocycles. The summed E-state index contributed by atoms with van der Waals surface area (Å²) in [6, 6.07) is 13.5. The van der Waals surface area contributed by atoms with Gasteiger partial charge in [-0.15, -0.1) is 0 Å². The van der Waals surface area contributed by atoms with Crippen LogP contribution in [0.2, 0.25) is 0 Å². The molecule has 9 aliphatic rings. The van der Waals surface area contributed by atoms with Crippen molar-refractivity contribution in [3.05, 3.63) is 106 Å². The smallest absolute Gasteiger partial charge is 0.348 e. The fourth-order valence-corrected chi connectivity index (χ4v) is 20.8. The number of nitrogens with one attached hydrogen (secondary N) is 1. The monoisotopic (exact) mass is 1210 g/mol. The van der Waals surface area contributed by atoms with E-state index in [0.717, 1.165) is 53.9 Å². The Morgan fingerprint density at radius 3 is 1.51 bits per heavy atom. The van der Waals surface area contributed by atoms with E-state index in [9.17, 15) is 62.7 Å². The third-order valence-electron chi connectivity index (χ3n) is 23.2. The van der Waals surface area contributed by atoms with Crippen molar-refractivity contribution in [3.63, 3.8) is 0 Å². The summed E-state index contributed by atoms with van der Waals surface area (Å²) in [5.41, 5.74) is 2.73. The summed E-state index contributed by atoms with van der Waals surface area (Å²) in [5.74, 6) is -4.52. The fraction of sp³-hybridized carbons (Fsp3) is 0.576. The molecule has 1 aliphatic heterocycles. The van der Waals surface area contributed by atoms with Crippen LogP contribution < -0.4 is 5.32 Å². The number of sulfone groups is 1. The first-order chi connectivity index (χ1) is 41.2. The lowest BCUT2D eigenvalue weighted by atomic mass is 9.45. The zero-order chi connectivity index (χ0) is 62.1. The van der Waals surface area contributed by atoms with Crippen molar-refractivity contribution in [2.75, 3.05) is 11.5 Å². The van der Waals surface area contributed by atoms with Crippen LogP contribution in [-0.2, 0) is 51.3 Å². The van der Waals surface area contributed by atoms with Gasteiger partial charge in [-0.05, 0) is 189 Å². The molecule has 21 heteroatoms. The SMILES string of the molecule is CCC(=O)O[C@]1(C(=O)O)CC[C@H]2[C@@H]3CCC4=Cc5c(cnn5-c5cccc(C(=O)NC6CCS(=O)(=O)C6)c5)C[C@]4(C)[C@H]3[C@@H](O)C[C@@]21C.CCC(=O)O[C@]1(C(=O)O)CC[C@H]2[C@@H]3CCC4=Cc5c(cnn5-c5cccc(C(=O)O)c5)C[C@]4(C)[C@H]3[C@@H](O)C[C@@]21C. The quantitative estimate of drug-likeness (QED) is 0.0771. The molecule has 6 saturated carbocycles. The van der Waals surface area contributed by atoms with Gasteiger partial charge in [0.05, 0.1) is 64.4 Å². The lowest BCUT2D eigenvalue weighted by Crippen LogP contribution is -2.63. The second kappa shape index (κ2) is 21.4. The average molecular weight is 1210 g/mol. The van der Waals surface area contributed by atoms with Crippen LogP contribution in [0.5, 0.6) is 0 Å².